The second-order valence-corrected chi connectivity index (χ2v) is 9.02. The van der Waals surface area contributed by atoms with Crippen molar-refractivity contribution in [2.45, 2.75) is 33.3 Å². The third-order valence-electron chi connectivity index (χ3n) is 4.41. The highest BCUT2D eigenvalue weighted by atomic mass is 32.2. The summed E-state index contributed by atoms with van der Waals surface area (Å²) in [5, 5.41) is 3.31. The highest BCUT2D eigenvalue weighted by molar-refractivity contribution is 7.89. The van der Waals surface area contributed by atoms with Crippen molar-refractivity contribution in [2.24, 2.45) is 4.99 Å². The van der Waals surface area contributed by atoms with Crippen LogP contribution < -0.4 is 5.32 Å². The number of guanidine groups is 1. The minimum Gasteiger partial charge on any atom is -0.378 e. The van der Waals surface area contributed by atoms with E-state index in [2.05, 4.69) is 15.2 Å². The Morgan fingerprint density at radius 2 is 2.04 bits per heavy atom. The maximum Gasteiger partial charge on any atom is 0.216 e. The van der Waals surface area contributed by atoms with Crippen molar-refractivity contribution in [3.63, 3.8) is 0 Å². The molecule has 0 unspecified atom stereocenters. The molecule has 1 aliphatic heterocycles. The van der Waals surface area contributed by atoms with Gasteiger partial charge in [0.25, 0.3) is 0 Å². The van der Waals surface area contributed by atoms with Gasteiger partial charge >= 0.3 is 0 Å². The maximum absolute atomic E-state index is 12.5. The van der Waals surface area contributed by atoms with Crippen LogP contribution in [0.4, 0.5) is 0 Å². The summed E-state index contributed by atoms with van der Waals surface area (Å²) >= 11 is 0. The smallest absolute Gasteiger partial charge is 0.216 e. The van der Waals surface area contributed by atoms with Crippen LogP contribution in [0, 0.1) is 0 Å². The van der Waals surface area contributed by atoms with E-state index in [1.165, 1.54) is 0 Å². The summed E-state index contributed by atoms with van der Waals surface area (Å²) in [7, 11) is -3.28. The molecule has 1 N–H and O–H groups in total. The Hall–Kier alpha value is -1.71. The Labute approximate surface area is 169 Å². The van der Waals surface area contributed by atoms with Crippen LogP contribution in [-0.2, 0) is 21.2 Å². The van der Waals surface area contributed by atoms with Gasteiger partial charge in [-0.3, -0.25) is 9.98 Å². The van der Waals surface area contributed by atoms with E-state index in [9.17, 15) is 8.42 Å². The van der Waals surface area contributed by atoms with Crippen molar-refractivity contribution >= 4 is 16.0 Å². The van der Waals surface area contributed by atoms with E-state index in [0.29, 0.717) is 32.7 Å². The summed E-state index contributed by atoms with van der Waals surface area (Å²) < 4.78 is 31.9. The molecule has 1 aliphatic rings. The normalized spacial score (nSPS) is 16.6. The highest BCUT2D eigenvalue weighted by Gasteiger charge is 2.27. The molecular formula is C19H33N5O3S. The predicted molar refractivity (Wildman–Crippen MR) is 112 cm³/mol. The van der Waals surface area contributed by atoms with Crippen LogP contribution in [0.3, 0.4) is 0 Å². The number of nitrogens with one attached hydrogen (secondary N) is 1. The lowest BCUT2D eigenvalue weighted by Crippen LogP contribution is -2.54. The fourth-order valence-corrected chi connectivity index (χ4v) is 4.23. The number of sulfonamides is 1. The van der Waals surface area contributed by atoms with Crippen molar-refractivity contribution in [1.29, 1.82) is 0 Å². The number of nitrogens with zero attached hydrogens (tertiary/aromatic N) is 4. The van der Waals surface area contributed by atoms with Crippen molar-refractivity contribution in [2.75, 3.05) is 51.6 Å². The molecule has 2 rings (SSSR count). The van der Waals surface area contributed by atoms with Gasteiger partial charge in [-0.1, -0.05) is 6.07 Å². The zero-order chi connectivity index (χ0) is 20.4. The molecule has 158 valence electrons. The van der Waals surface area contributed by atoms with Gasteiger partial charge in [0.15, 0.2) is 5.96 Å². The molecule has 2 heterocycles. The Morgan fingerprint density at radius 1 is 1.29 bits per heavy atom. The van der Waals surface area contributed by atoms with Gasteiger partial charge in [0.05, 0.1) is 18.5 Å². The fraction of sp³-hybridized carbons (Fsp3) is 0.684. The van der Waals surface area contributed by atoms with E-state index in [4.69, 9.17) is 9.73 Å². The first-order chi connectivity index (χ1) is 13.4. The molecule has 0 saturated carbocycles. The molecule has 0 amide bonds. The second kappa shape index (κ2) is 11.3. The maximum atomic E-state index is 12.5. The molecule has 1 fully saturated rings. The van der Waals surface area contributed by atoms with Gasteiger partial charge < -0.3 is 15.0 Å². The van der Waals surface area contributed by atoms with Crippen LogP contribution >= 0.6 is 0 Å². The molecule has 0 bridgehead atoms. The number of aliphatic imine (C=N–C) groups is 1. The summed E-state index contributed by atoms with van der Waals surface area (Å²) in [6.07, 6.45) is 2.60. The Morgan fingerprint density at radius 3 is 2.64 bits per heavy atom. The molecule has 1 aromatic heterocycles. The summed E-state index contributed by atoms with van der Waals surface area (Å²) in [4.78, 5) is 11.1. The van der Waals surface area contributed by atoms with E-state index in [1.54, 1.807) is 10.5 Å². The van der Waals surface area contributed by atoms with E-state index in [-0.39, 0.29) is 18.5 Å². The minimum absolute atomic E-state index is 0.0312. The third-order valence-corrected chi connectivity index (χ3v) is 6.25. The molecule has 8 nitrogen and oxygen atoms in total. The number of pyridine rings is 1. The molecule has 1 aromatic rings. The van der Waals surface area contributed by atoms with Gasteiger partial charge in [0.2, 0.25) is 10.0 Å². The van der Waals surface area contributed by atoms with Gasteiger partial charge in [0, 0.05) is 57.6 Å². The van der Waals surface area contributed by atoms with Crippen molar-refractivity contribution in [1.82, 2.24) is 19.5 Å². The second-order valence-electron chi connectivity index (χ2n) is 6.93. The summed E-state index contributed by atoms with van der Waals surface area (Å²) in [6, 6.07) is 5.87. The molecule has 28 heavy (non-hydrogen) atoms. The van der Waals surface area contributed by atoms with E-state index < -0.39 is 10.0 Å². The highest BCUT2D eigenvalue weighted by Crippen LogP contribution is 2.09. The van der Waals surface area contributed by atoms with Crippen molar-refractivity contribution in [3.05, 3.63) is 30.1 Å². The van der Waals surface area contributed by atoms with Gasteiger partial charge in [0.1, 0.15) is 0 Å². The average molecular weight is 412 g/mol. The Balaban J connectivity index is 1.86. The molecule has 9 heteroatoms. The number of aromatic nitrogens is 1. The lowest BCUT2D eigenvalue weighted by Gasteiger charge is -2.35. The van der Waals surface area contributed by atoms with Crippen LogP contribution in [-0.4, -0.2) is 86.3 Å². The molecule has 0 atom stereocenters. The van der Waals surface area contributed by atoms with Gasteiger partial charge in [-0.15, -0.1) is 0 Å². The first-order valence-corrected chi connectivity index (χ1v) is 11.6. The average Bonchev–Trinajstić information content (AvgIpc) is 2.68. The van der Waals surface area contributed by atoms with Gasteiger partial charge in [-0.05, 0) is 32.9 Å². The molecular weight excluding hydrogens is 378 g/mol. The Kier molecular flexibility index (Phi) is 9.14. The van der Waals surface area contributed by atoms with Gasteiger partial charge in [-0.25, -0.2) is 8.42 Å². The number of ether oxygens (including phenoxy) is 1. The van der Waals surface area contributed by atoms with Crippen molar-refractivity contribution < 1.29 is 13.2 Å². The van der Waals surface area contributed by atoms with Crippen LogP contribution in [0.1, 0.15) is 26.5 Å². The van der Waals surface area contributed by atoms with Crippen LogP contribution in [0.25, 0.3) is 0 Å². The van der Waals surface area contributed by atoms with E-state index in [1.807, 2.05) is 39.0 Å². The molecule has 1 saturated heterocycles. The fourth-order valence-electron chi connectivity index (χ4n) is 2.94. The Bertz CT molecular complexity index is 702. The zero-order valence-electron chi connectivity index (χ0n) is 17.2. The standard InChI is InChI=1S/C19H33N5O3S/c1-4-20-19(22-10-8-18-7-5-6-9-21-18)23-11-13-24(14-12-23)28(25,26)16-15-27-17(2)3/h5-7,9,17H,4,8,10-16H2,1-3H3,(H,20,22). The largest absolute Gasteiger partial charge is 0.378 e. The number of piperazine rings is 1. The molecule has 0 aliphatic carbocycles. The van der Waals surface area contributed by atoms with E-state index in [0.717, 1.165) is 24.6 Å². The molecule has 0 radical (unpaired) electrons. The summed E-state index contributed by atoms with van der Waals surface area (Å²) in [6.45, 7) is 9.67. The predicted octanol–water partition coefficient (Wildman–Crippen LogP) is 0.962. The summed E-state index contributed by atoms with van der Waals surface area (Å²) in [5.41, 5.74) is 1.02. The monoisotopic (exact) mass is 411 g/mol. The lowest BCUT2D eigenvalue weighted by atomic mass is 10.3. The first-order valence-electron chi connectivity index (χ1n) is 9.95. The minimum atomic E-state index is -3.28. The van der Waals surface area contributed by atoms with E-state index >= 15 is 0 Å². The zero-order valence-corrected chi connectivity index (χ0v) is 18.0. The van der Waals surface area contributed by atoms with Crippen LogP contribution in [0.2, 0.25) is 0 Å². The van der Waals surface area contributed by atoms with Crippen LogP contribution in [0.5, 0.6) is 0 Å². The van der Waals surface area contributed by atoms with Crippen molar-refractivity contribution in [3.8, 4) is 0 Å². The quantitative estimate of drug-likeness (QED) is 0.481. The third kappa shape index (κ3) is 7.37. The molecule has 0 spiro atoms. The first kappa shape index (κ1) is 22.6. The SMILES string of the molecule is CCNC(=NCCc1ccccn1)N1CCN(S(=O)(=O)CCOC(C)C)CC1. The summed E-state index contributed by atoms with van der Waals surface area (Å²) in [5.74, 6) is 0.863. The van der Waals surface area contributed by atoms with Gasteiger partial charge in [-0.2, -0.15) is 4.31 Å². The number of hydrogen-bond acceptors (Lipinski definition) is 5. The number of rotatable bonds is 9. The topological polar surface area (TPSA) is 87.1 Å². The lowest BCUT2D eigenvalue weighted by molar-refractivity contribution is 0.0904. The van der Waals surface area contributed by atoms with Crippen LogP contribution in [0.15, 0.2) is 29.4 Å². The number of hydrogen-bond donors (Lipinski definition) is 1. The molecule has 0 aromatic carbocycles.